The standard InChI is InChI=1S/C15H18ClN3O2/c16-13-7-4-3-6-12(13)10-17-18-14(20)11-19-9-5-1-2-8-15(19)21/h3-4,6-7,10H,1-2,5,8-9,11H2,(H,18,20)/b17-10-. The van der Waals surface area contributed by atoms with Crippen molar-refractivity contribution < 1.29 is 9.59 Å². The van der Waals surface area contributed by atoms with Crippen LogP contribution in [0.4, 0.5) is 0 Å². The van der Waals surface area contributed by atoms with Crippen LogP contribution in [0.25, 0.3) is 0 Å². The summed E-state index contributed by atoms with van der Waals surface area (Å²) in [5.41, 5.74) is 3.15. The summed E-state index contributed by atoms with van der Waals surface area (Å²) in [5, 5.41) is 4.44. The maximum absolute atomic E-state index is 11.8. The summed E-state index contributed by atoms with van der Waals surface area (Å²) in [6.07, 6.45) is 4.90. The average Bonchev–Trinajstić information content (AvgIpc) is 2.66. The Labute approximate surface area is 129 Å². The summed E-state index contributed by atoms with van der Waals surface area (Å²) in [4.78, 5) is 25.2. The molecule has 0 radical (unpaired) electrons. The molecule has 0 saturated carbocycles. The largest absolute Gasteiger partial charge is 0.333 e. The first-order chi connectivity index (χ1) is 10.2. The monoisotopic (exact) mass is 307 g/mol. The quantitative estimate of drug-likeness (QED) is 0.684. The van der Waals surface area contributed by atoms with E-state index < -0.39 is 0 Å². The van der Waals surface area contributed by atoms with Crippen molar-refractivity contribution in [1.29, 1.82) is 0 Å². The van der Waals surface area contributed by atoms with Gasteiger partial charge in [0.1, 0.15) is 6.54 Å². The van der Waals surface area contributed by atoms with Crippen molar-refractivity contribution >= 4 is 29.6 Å². The van der Waals surface area contributed by atoms with Gasteiger partial charge in [-0.2, -0.15) is 5.10 Å². The Hall–Kier alpha value is -1.88. The molecule has 0 unspecified atom stereocenters. The number of carbonyl (C=O) groups is 2. The van der Waals surface area contributed by atoms with E-state index >= 15 is 0 Å². The molecule has 1 aromatic rings. The lowest BCUT2D eigenvalue weighted by molar-refractivity contribution is -0.135. The zero-order valence-electron chi connectivity index (χ0n) is 11.7. The summed E-state index contributed by atoms with van der Waals surface area (Å²) in [6.45, 7) is 0.694. The molecule has 1 aliphatic rings. The fourth-order valence-corrected chi connectivity index (χ4v) is 2.35. The number of amides is 2. The Balaban J connectivity index is 1.84. The predicted molar refractivity (Wildman–Crippen MR) is 82.2 cm³/mol. The van der Waals surface area contributed by atoms with Crippen LogP contribution in [-0.2, 0) is 9.59 Å². The first-order valence-electron chi connectivity index (χ1n) is 7.01. The number of likely N-dealkylation sites (tertiary alicyclic amines) is 1. The highest BCUT2D eigenvalue weighted by molar-refractivity contribution is 6.33. The molecule has 112 valence electrons. The molecule has 1 heterocycles. The molecule has 0 aliphatic carbocycles. The second-order valence-corrected chi connectivity index (χ2v) is 5.35. The highest BCUT2D eigenvalue weighted by Crippen LogP contribution is 2.12. The maximum Gasteiger partial charge on any atom is 0.259 e. The van der Waals surface area contributed by atoms with Gasteiger partial charge in [-0.3, -0.25) is 9.59 Å². The Morgan fingerprint density at radius 2 is 2.14 bits per heavy atom. The van der Waals surface area contributed by atoms with Crippen LogP contribution in [0, 0.1) is 0 Å². The smallest absolute Gasteiger partial charge is 0.259 e. The minimum absolute atomic E-state index is 0.0396. The van der Waals surface area contributed by atoms with Crippen molar-refractivity contribution in [3.8, 4) is 0 Å². The van der Waals surface area contributed by atoms with E-state index in [0.717, 1.165) is 24.8 Å². The second kappa shape index (κ2) is 7.78. The number of hydrazone groups is 1. The number of benzene rings is 1. The summed E-state index contributed by atoms with van der Waals surface area (Å²) in [7, 11) is 0. The van der Waals surface area contributed by atoms with Gasteiger partial charge >= 0.3 is 0 Å². The van der Waals surface area contributed by atoms with Crippen LogP contribution in [0.3, 0.4) is 0 Å². The number of halogens is 1. The fourth-order valence-electron chi connectivity index (χ4n) is 2.17. The number of hydrogen-bond donors (Lipinski definition) is 1. The van der Waals surface area contributed by atoms with Crippen LogP contribution in [0.2, 0.25) is 5.02 Å². The van der Waals surface area contributed by atoms with Crippen molar-refractivity contribution in [2.75, 3.05) is 13.1 Å². The lowest BCUT2D eigenvalue weighted by Crippen LogP contribution is -2.39. The first-order valence-corrected chi connectivity index (χ1v) is 7.39. The average molecular weight is 308 g/mol. The highest BCUT2D eigenvalue weighted by atomic mass is 35.5. The molecule has 2 rings (SSSR count). The Morgan fingerprint density at radius 1 is 1.33 bits per heavy atom. The molecule has 6 heteroatoms. The van der Waals surface area contributed by atoms with E-state index in [1.165, 1.54) is 6.21 Å². The molecule has 0 spiro atoms. The minimum Gasteiger partial charge on any atom is -0.333 e. The van der Waals surface area contributed by atoms with Crippen LogP contribution >= 0.6 is 11.6 Å². The van der Waals surface area contributed by atoms with Crippen LogP contribution in [0.15, 0.2) is 29.4 Å². The summed E-state index contributed by atoms with van der Waals surface area (Å²) in [5.74, 6) is -0.258. The van der Waals surface area contributed by atoms with Gasteiger partial charge in [0.05, 0.1) is 6.21 Å². The predicted octanol–water partition coefficient (Wildman–Crippen LogP) is 2.19. The lowest BCUT2D eigenvalue weighted by atomic mass is 10.2. The van der Waals surface area contributed by atoms with Gasteiger partial charge in [-0.1, -0.05) is 36.2 Å². The Bertz CT molecular complexity index is 545. The van der Waals surface area contributed by atoms with Gasteiger partial charge < -0.3 is 4.90 Å². The molecular formula is C15H18ClN3O2. The van der Waals surface area contributed by atoms with Crippen LogP contribution < -0.4 is 5.43 Å². The summed E-state index contributed by atoms with van der Waals surface area (Å²) in [6, 6.07) is 7.21. The molecule has 1 aliphatic heterocycles. The van der Waals surface area contributed by atoms with Crippen molar-refractivity contribution in [3.63, 3.8) is 0 Å². The number of nitrogens with one attached hydrogen (secondary N) is 1. The number of nitrogens with zero attached hydrogens (tertiary/aromatic N) is 2. The number of hydrogen-bond acceptors (Lipinski definition) is 3. The van der Waals surface area contributed by atoms with Gasteiger partial charge in [-0.05, 0) is 18.9 Å². The first kappa shape index (κ1) is 15.5. The third-order valence-electron chi connectivity index (χ3n) is 3.30. The highest BCUT2D eigenvalue weighted by Gasteiger charge is 2.18. The zero-order valence-corrected chi connectivity index (χ0v) is 12.5. The third-order valence-corrected chi connectivity index (χ3v) is 3.65. The van der Waals surface area contributed by atoms with Gasteiger partial charge in [0, 0.05) is 23.6 Å². The molecule has 0 atom stereocenters. The Morgan fingerprint density at radius 3 is 2.95 bits per heavy atom. The van der Waals surface area contributed by atoms with Gasteiger partial charge in [0.25, 0.3) is 5.91 Å². The van der Waals surface area contributed by atoms with E-state index in [-0.39, 0.29) is 18.4 Å². The van der Waals surface area contributed by atoms with E-state index in [2.05, 4.69) is 10.5 Å². The van der Waals surface area contributed by atoms with E-state index in [1.54, 1.807) is 17.0 Å². The number of carbonyl (C=O) groups excluding carboxylic acids is 2. The molecule has 21 heavy (non-hydrogen) atoms. The van der Waals surface area contributed by atoms with Crippen molar-refractivity contribution in [2.24, 2.45) is 5.10 Å². The van der Waals surface area contributed by atoms with E-state index in [9.17, 15) is 9.59 Å². The van der Waals surface area contributed by atoms with Gasteiger partial charge in [-0.25, -0.2) is 5.43 Å². The molecule has 0 aromatic heterocycles. The molecule has 1 saturated heterocycles. The molecule has 1 fully saturated rings. The zero-order chi connectivity index (χ0) is 15.1. The minimum atomic E-state index is -0.298. The van der Waals surface area contributed by atoms with Gasteiger partial charge in [0.2, 0.25) is 5.91 Å². The van der Waals surface area contributed by atoms with Crippen LogP contribution in [-0.4, -0.2) is 36.0 Å². The van der Waals surface area contributed by atoms with E-state index in [1.807, 2.05) is 12.1 Å². The van der Waals surface area contributed by atoms with Crippen molar-refractivity contribution in [2.45, 2.75) is 25.7 Å². The van der Waals surface area contributed by atoms with E-state index in [4.69, 9.17) is 11.6 Å². The SMILES string of the molecule is O=C(CN1CCCCCC1=O)N/N=C\c1ccccc1Cl. The van der Waals surface area contributed by atoms with Gasteiger partial charge in [0.15, 0.2) is 0 Å². The van der Waals surface area contributed by atoms with Gasteiger partial charge in [-0.15, -0.1) is 0 Å². The third kappa shape index (κ3) is 4.86. The summed E-state index contributed by atoms with van der Waals surface area (Å²) >= 11 is 5.98. The Kier molecular flexibility index (Phi) is 5.75. The molecule has 2 amide bonds. The lowest BCUT2D eigenvalue weighted by Gasteiger charge is -2.18. The molecule has 5 nitrogen and oxygen atoms in total. The summed E-state index contributed by atoms with van der Waals surface area (Å²) < 4.78 is 0. The van der Waals surface area contributed by atoms with Crippen molar-refractivity contribution in [1.82, 2.24) is 10.3 Å². The normalized spacial score (nSPS) is 16.0. The van der Waals surface area contributed by atoms with Crippen molar-refractivity contribution in [3.05, 3.63) is 34.9 Å². The van der Waals surface area contributed by atoms with E-state index in [0.29, 0.717) is 18.0 Å². The molecule has 1 N–H and O–H groups in total. The molecule has 1 aromatic carbocycles. The topological polar surface area (TPSA) is 61.8 Å². The second-order valence-electron chi connectivity index (χ2n) is 4.94. The van der Waals surface area contributed by atoms with Crippen LogP contribution in [0.5, 0.6) is 0 Å². The maximum atomic E-state index is 11.8. The fraction of sp³-hybridized carbons (Fsp3) is 0.400. The molecule has 0 bridgehead atoms. The van der Waals surface area contributed by atoms with Crippen LogP contribution in [0.1, 0.15) is 31.2 Å². The molecular weight excluding hydrogens is 290 g/mol. The number of rotatable bonds is 4.